The Morgan fingerprint density at radius 2 is 2.00 bits per heavy atom. The van der Waals surface area contributed by atoms with Crippen LogP contribution in [0.15, 0.2) is 18.2 Å². The Kier molecular flexibility index (Phi) is 4.89. The number of nitrogens with one attached hydrogen (secondary N) is 1. The van der Waals surface area contributed by atoms with Gasteiger partial charge in [0.2, 0.25) is 0 Å². The predicted octanol–water partition coefficient (Wildman–Crippen LogP) is 5.05. The summed E-state index contributed by atoms with van der Waals surface area (Å²) >= 11 is 12.2. The number of fused-ring (bicyclic) bond motifs is 1. The van der Waals surface area contributed by atoms with Crippen molar-refractivity contribution in [3.8, 4) is 0 Å². The van der Waals surface area contributed by atoms with Crippen molar-refractivity contribution < 1.29 is 9.53 Å². The number of amides is 1. The number of carbonyl (C=O) groups is 1. The smallest absolute Gasteiger partial charge is 0.410 e. The summed E-state index contributed by atoms with van der Waals surface area (Å²) in [6, 6.07) is 5.82. The maximum Gasteiger partial charge on any atom is 0.410 e. The molecule has 1 aliphatic heterocycles. The van der Waals surface area contributed by atoms with Crippen LogP contribution >= 0.6 is 23.2 Å². The molecule has 2 aliphatic rings. The Morgan fingerprint density at radius 3 is 2.67 bits per heavy atom. The second-order valence-corrected chi connectivity index (χ2v) is 8.61. The number of ether oxygens (including phenoxy) is 1. The summed E-state index contributed by atoms with van der Waals surface area (Å²) in [6.07, 6.45) is 2.00. The summed E-state index contributed by atoms with van der Waals surface area (Å²) in [5, 5.41) is 4.81. The molecule has 1 saturated heterocycles. The molecule has 6 heteroatoms. The Hall–Kier alpha value is -1.13. The van der Waals surface area contributed by atoms with Crippen LogP contribution < -0.4 is 5.32 Å². The van der Waals surface area contributed by atoms with Crippen molar-refractivity contribution >= 4 is 35.0 Å². The van der Waals surface area contributed by atoms with Gasteiger partial charge < -0.3 is 15.0 Å². The SMILES string of the molecule is CC(C)(C)OC(=O)N1CC2CCC(Nc3ccc(Cl)cc3Cl)C2C1. The lowest BCUT2D eigenvalue weighted by Crippen LogP contribution is -2.37. The van der Waals surface area contributed by atoms with Gasteiger partial charge in [0.1, 0.15) is 5.60 Å². The van der Waals surface area contributed by atoms with Crippen molar-refractivity contribution in [2.24, 2.45) is 11.8 Å². The van der Waals surface area contributed by atoms with E-state index in [0.717, 1.165) is 31.6 Å². The van der Waals surface area contributed by atoms with Gasteiger partial charge in [0, 0.05) is 30.1 Å². The summed E-state index contributed by atoms with van der Waals surface area (Å²) in [7, 11) is 0. The van der Waals surface area contributed by atoms with E-state index in [2.05, 4.69) is 5.32 Å². The lowest BCUT2D eigenvalue weighted by atomic mass is 9.97. The third-order valence-electron chi connectivity index (χ3n) is 4.78. The van der Waals surface area contributed by atoms with Crippen molar-refractivity contribution in [3.63, 3.8) is 0 Å². The van der Waals surface area contributed by atoms with Gasteiger partial charge in [-0.05, 0) is 57.7 Å². The van der Waals surface area contributed by atoms with Gasteiger partial charge in [-0.25, -0.2) is 4.79 Å². The number of carbonyl (C=O) groups excluding carboxylic acids is 1. The average Bonchev–Trinajstić information content (AvgIpc) is 3.01. The second-order valence-electron chi connectivity index (χ2n) is 7.76. The lowest BCUT2D eigenvalue weighted by molar-refractivity contribution is 0.0280. The highest BCUT2D eigenvalue weighted by Gasteiger charge is 2.45. The third-order valence-corrected chi connectivity index (χ3v) is 5.33. The molecule has 1 aliphatic carbocycles. The molecule has 3 unspecified atom stereocenters. The van der Waals surface area contributed by atoms with Crippen LogP contribution in [0.3, 0.4) is 0 Å². The van der Waals surface area contributed by atoms with E-state index in [0.29, 0.717) is 27.9 Å². The number of anilines is 1. The molecular weight excluding hydrogens is 347 g/mol. The maximum atomic E-state index is 12.3. The van der Waals surface area contributed by atoms with Crippen molar-refractivity contribution in [3.05, 3.63) is 28.2 Å². The molecule has 132 valence electrons. The first-order valence-electron chi connectivity index (χ1n) is 8.42. The number of benzene rings is 1. The van der Waals surface area contributed by atoms with E-state index < -0.39 is 5.60 Å². The number of likely N-dealkylation sites (tertiary alicyclic amines) is 1. The normalized spacial score (nSPS) is 26.4. The van der Waals surface area contributed by atoms with Gasteiger partial charge in [-0.1, -0.05) is 23.2 Å². The minimum absolute atomic E-state index is 0.208. The quantitative estimate of drug-likeness (QED) is 0.791. The van der Waals surface area contributed by atoms with Gasteiger partial charge in [0.15, 0.2) is 0 Å². The van der Waals surface area contributed by atoms with E-state index >= 15 is 0 Å². The van der Waals surface area contributed by atoms with E-state index in [1.807, 2.05) is 37.8 Å². The highest BCUT2D eigenvalue weighted by molar-refractivity contribution is 6.36. The van der Waals surface area contributed by atoms with Gasteiger partial charge >= 0.3 is 6.09 Å². The van der Waals surface area contributed by atoms with Crippen LogP contribution in [-0.2, 0) is 4.74 Å². The van der Waals surface area contributed by atoms with Crippen molar-refractivity contribution in [1.29, 1.82) is 0 Å². The van der Waals surface area contributed by atoms with Crippen LogP contribution in [0, 0.1) is 11.8 Å². The first-order chi connectivity index (χ1) is 11.2. The monoisotopic (exact) mass is 370 g/mol. The molecule has 1 saturated carbocycles. The molecule has 3 rings (SSSR count). The average molecular weight is 371 g/mol. The molecule has 3 atom stereocenters. The number of rotatable bonds is 2. The zero-order valence-electron chi connectivity index (χ0n) is 14.3. The molecule has 1 aromatic rings. The number of halogens is 2. The van der Waals surface area contributed by atoms with Crippen LogP contribution in [0.5, 0.6) is 0 Å². The number of nitrogens with zero attached hydrogens (tertiary/aromatic N) is 1. The van der Waals surface area contributed by atoms with Crippen LogP contribution in [0.4, 0.5) is 10.5 Å². The summed E-state index contributed by atoms with van der Waals surface area (Å²) in [5.41, 5.74) is 0.450. The second kappa shape index (κ2) is 6.64. The minimum Gasteiger partial charge on any atom is -0.444 e. The Labute approximate surface area is 153 Å². The fourth-order valence-electron chi connectivity index (χ4n) is 3.73. The molecule has 0 bridgehead atoms. The standard InChI is InChI=1S/C18H24Cl2N2O2/c1-18(2,3)24-17(23)22-9-11-4-6-15(13(11)10-22)21-16-7-5-12(19)8-14(16)20/h5,7-8,11,13,15,21H,4,6,9-10H2,1-3H3. The van der Waals surface area contributed by atoms with Gasteiger partial charge in [0.05, 0.1) is 10.7 Å². The zero-order valence-corrected chi connectivity index (χ0v) is 15.8. The summed E-state index contributed by atoms with van der Waals surface area (Å²) < 4.78 is 5.50. The molecule has 0 aromatic heterocycles. The first kappa shape index (κ1) is 17.7. The van der Waals surface area contributed by atoms with E-state index in [9.17, 15) is 4.79 Å². The topological polar surface area (TPSA) is 41.6 Å². The molecule has 2 fully saturated rings. The molecule has 0 radical (unpaired) electrons. The van der Waals surface area contributed by atoms with E-state index in [4.69, 9.17) is 27.9 Å². The fourth-order valence-corrected chi connectivity index (χ4v) is 4.19. The molecule has 1 heterocycles. The molecule has 0 spiro atoms. The molecule has 1 N–H and O–H groups in total. The summed E-state index contributed by atoms with van der Waals surface area (Å²) in [5.74, 6) is 0.963. The Balaban J connectivity index is 1.64. The predicted molar refractivity (Wildman–Crippen MR) is 97.9 cm³/mol. The molecule has 1 amide bonds. The molecular formula is C18H24Cl2N2O2. The van der Waals surface area contributed by atoms with E-state index in [1.54, 1.807) is 6.07 Å². The number of hydrogen-bond acceptors (Lipinski definition) is 3. The van der Waals surface area contributed by atoms with Crippen molar-refractivity contribution in [2.75, 3.05) is 18.4 Å². The molecule has 4 nitrogen and oxygen atoms in total. The van der Waals surface area contributed by atoms with Gasteiger partial charge in [0.25, 0.3) is 0 Å². The van der Waals surface area contributed by atoms with Crippen LogP contribution in [0.1, 0.15) is 33.6 Å². The van der Waals surface area contributed by atoms with Gasteiger partial charge in [-0.15, -0.1) is 0 Å². The third kappa shape index (κ3) is 3.92. The van der Waals surface area contributed by atoms with Crippen molar-refractivity contribution in [1.82, 2.24) is 4.90 Å². The first-order valence-corrected chi connectivity index (χ1v) is 9.18. The van der Waals surface area contributed by atoms with E-state index in [1.165, 1.54) is 0 Å². The minimum atomic E-state index is -0.455. The molecule has 1 aromatic carbocycles. The van der Waals surface area contributed by atoms with Crippen molar-refractivity contribution in [2.45, 2.75) is 45.3 Å². The van der Waals surface area contributed by atoms with Gasteiger partial charge in [-0.2, -0.15) is 0 Å². The largest absolute Gasteiger partial charge is 0.444 e. The Morgan fingerprint density at radius 1 is 1.25 bits per heavy atom. The maximum absolute atomic E-state index is 12.3. The summed E-state index contributed by atoms with van der Waals surface area (Å²) in [6.45, 7) is 7.21. The number of hydrogen-bond donors (Lipinski definition) is 1. The highest BCUT2D eigenvalue weighted by atomic mass is 35.5. The lowest BCUT2D eigenvalue weighted by Gasteiger charge is -2.26. The fraction of sp³-hybridized carbons (Fsp3) is 0.611. The summed E-state index contributed by atoms with van der Waals surface area (Å²) in [4.78, 5) is 14.1. The van der Waals surface area contributed by atoms with Crippen LogP contribution in [0.25, 0.3) is 0 Å². The van der Waals surface area contributed by atoms with E-state index in [-0.39, 0.29) is 6.09 Å². The highest BCUT2D eigenvalue weighted by Crippen LogP contribution is 2.41. The zero-order chi connectivity index (χ0) is 17.5. The Bertz CT molecular complexity index is 630. The molecule has 24 heavy (non-hydrogen) atoms. The van der Waals surface area contributed by atoms with Crippen LogP contribution in [0.2, 0.25) is 10.0 Å². The van der Waals surface area contributed by atoms with Crippen LogP contribution in [-0.4, -0.2) is 35.7 Å². The van der Waals surface area contributed by atoms with Gasteiger partial charge in [-0.3, -0.25) is 0 Å².